The predicted octanol–water partition coefficient (Wildman–Crippen LogP) is 10.5. The van der Waals surface area contributed by atoms with Crippen LogP contribution in [0.1, 0.15) is 180 Å². The zero-order chi connectivity index (χ0) is 23.0. The second kappa shape index (κ2) is 23.6. The largest absolute Gasteiger partial charge is 0.462 e. The van der Waals surface area contributed by atoms with Crippen molar-refractivity contribution >= 4 is 5.97 Å². The van der Waals surface area contributed by atoms with Gasteiger partial charge in [0.15, 0.2) is 0 Å². The first-order chi connectivity index (χ1) is 15.8. The van der Waals surface area contributed by atoms with Gasteiger partial charge >= 0.3 is 5.97 Å². The number of hydrogen-bond acceptors (Lipinski definition) is 2. The molecule has 0 aliphatic carbocycles. The molecule has 0 aromatic rings. The summed E-state index contributed by atoms with van der Waals surface area (Å²) < 4.78 is 5.27. The molecule has 0 aromatic heterocycles. The average molecular weight is 451 g/mol. The minimum absolute atomic E-state index is 0.0133. The van der Waals surface area contributed by atoms with E-state index in [2.05, 4.69) is 6.92 Å². The van der Waals surface area contributed by atoms with E-state index in [0.29, 0.717) is 6.42 Å². The fourth-order valence-electron chi connectivity index (χ4n) is 5.12. The molecule has 0 N–H and O–H groups in total. The number of esters is 1. The molecule has 1 aliphatic heterocycles. The molecule has 0 bridgehead atoms. The third kappa shape index (κ3) is 20.1. The lowest BCUT2D eigenvalue weighted by atomic mass is 10.0. The van der Waals surface area contributed by atoms with Crippen LogP contribution in [-0.4, -0.2) is 12.1 Å². The van der Waals surface area contributed by atoms with Gasteiger partial charge in [0.1, 0.15) is 6.10 Å². The molecule has 0 aromatic carbocycles. The Bertz CT molecular complexity index is 392. The van der Waals surface area contributed by atoms with Gasteiger partial charge in [-0.3, -0.25) is 4.79 Å². The Morgan fingerprint density at radius 2 is 0.844 bits per heavy atom. The summed E-state index contributed by atoms with van der Waals surface area (Å²) in [4.78, 5) is 11.1. The number of ether oxygens (including phenoxy) is 1. The van der Waals surface area contributed by atoms with Crippen molar-refractivity contribution in [3.05, 3.63) is 0 Å². The molecule has 1 heterocycles. The van der Waals surface area contributed by atoms with Crippen LogP contribution in [0.3, 0.4) is 0 Å². The molecule has 0 spiro atoms. The number of rotatable bonds is 25. The summed E-state index contributed by atoms with van der Waals surface area (Å²) in [6.45, 7) is 2.30. The Morgan fingerprint density at radius 3 is 1.12 bits per heavy atom. The van der Waals surface area contributed by atoms with Gasteiger partial charge in [0, 0.05) is 6.42 Å². The second-order valence-electron chi connectivity index (χ2n) is 10.6. The maximum Gasteiger partial charge on any atom is 0.306 e. The van der Waals surface area contributed by atoms with Crippen LogP contribution in [0, 0.1) is 0 Å². The molecule has 1 fully saturated rings. The van der Waals surface area contributed by atoms with Crippen LogP contribution >= 0.6 is 0 Å². The maximum atomic E-state index is 11.1. The van der Waals surface area contributed by atoms with E-state index in [1.165, 1.54) is 154 Å². The average Bonchev–Trinajstić information content (AvgIpc) is 3.21. The SMILES string of the molecule is CCCCCCCCCCCCCCCCCCCCCCCCCC[C@H]1CCC(=O)O1. The molecule has 32 heavy (non-hydrogen) atoms. The van der Waals surface area contributed by atoms with Gasteiger partial charge in [-0.15, -0.1) is 0 Å². The van der Waals surface area contributed by atoms with Crippen molar-refractivity contribution < 1.29 is 9.53 Å². The molecule has 1 saturated heterocycles. The van der Waals surface area contributed by atoms with E-state index in [9.17, 15) is 4.79 Å². The molecular weight excluding hydrogens is 392 g/mol. The Labute approximate surface area is 202 Å². The lowest BCUT2D eigenvalue weighted by molar-refractivity contribution is -0.141. The Kier molecular flexibility index (Phi) is 21.8. The standard InChI is InChI=1S/C30H58O2/c1-2-3-4-5-6-7-8-9-10-11-12-13-14-15-16-17-18-19-20-21-22-23-24-25-26-29-27-28-30(31)32-29/h29H,2-28H2,1H3/t29-/m0/s1. The number of hydrogen-bond donors (Lipinski definition) is 0. The summed E-state index contributed by atoms with van der Waals surface area (Å²) in [5, 5.41) is 0. The van der Waals surface area contributed by atoms with Crippen LogP contribution in [0.4, 0.5) is 0 Å². The number of carbonyl (C=O) groups is 1. The van der Waals surface area contributed by atoms with Crippen LogP contribution in [0.2, 0.25) is 0 Å². The third-order valence-electron chi connectivity index (χ3n) is 7.35. The summed E-state index contributed by atoms with van der Waals surface area (Å²) in [5.74, 6) is 0.0133. The molecule has 2 heteroatoms. The van der Waals surface area contributed by atoms with Gasteiger partial charge in [0.05, 0.1) is 0 Å². The lowest BCUT2D eigenvalue weighted by Gasteiger charge is -2.08. The molecule has 1 rings (SSSR count). The zero-order valence-corrected chi connectivity index (χ0v) is 22.0. The van der Waals surface area contributed by atoms with E-state index < -0.39 is 0 Å². The van der Waals surface area contributed by atoms with Crippen molar-refractivity contribution in [3.63, 3.8) is 0 Å². The van der Waals surface area contributed by atoms with Gasteiger partial charge in [-0.2, -0.15) is 0 Å². The van der Waals surface area contributed by atoms with Crippen molar-refractivity contribution in [2.75, 3.05) is 0 Å². The first-order valence-electron chi connectivity index (χ1n) is 15.0. The minimum atomic E-state index is 0.0133. The third-order valence-corrected chi connectivity index (χ3v) is 7.35. The summed E-state index contributed by atoms with van der Waals surface area (Å²) in [5.41, 5.74) is 0. The van der Waals surface area contributed by atoms with E-state index in [0.717, 1.165) is 12.8 Å². The maximum absolute atomic E-state index is 11.1. The summed E-state index contributed by atoms with van der Waals surface area (Å²) in [6, 6.07) is 0. The van der Waals surface area contributed by atoms with E-state index in [1.807, 2.05) is 0 Å². The van der Waals surface area contributed by atoms with E-state index in [-0.39, 0.29) is 12.1 Å². The summed E-state index contributed by atoms with van der Waals surface area (Å²) in [7, 11) is 0. The van der Waals surface area contributed by atoms with Crippen molar-refractivity contribution in [3.8, 4) is 0 Å². The molecule has 2 nitrogen and oxygen atoms in total. The highest BCUT2D eigenvalue weighted by Crippen LogP contribution is 2.20. The highest BCUT2D eigenvalue weighted by atomic mass is 16.5. The van der Waals surface area contributed by atoms with Gasteiger partial charge in [-0.1, -0.05) is 155 Å². The van der Waals surface area contributed by atoms with Crippen LogP contribution in [0.5, 0.6) is 0 Å². The quantitative estimate of drug-likeness (QED) is 0.102. The summed E-state index contributed by atoms with van der Waals surface area (Å²) in [6.07, 6.45) is 37.3. The van der Waals surface area contributed by atoms with Crippen LogP contribution in [0.15, 0.2) is 0 Å². The zero-order valence-electron chi connectivity index (χ0n) is 22.0. The predicted molar refractivity (Wildman–Crippen MR) is 140 cm³/mol. The Morgan fingerprint density at radius 1 is 0.531 bits per heavy atom. The molecule has 1 aliphatic rings. The highest BCUT2D eigenvalue weighted by Gasteiger charge is 2.22. The molecule has 190 valence electrons. The Hall–Kier alpha value is -0.530. The van der Waals surface area contributed by atoms with E-state index >= 15 is 0 Å². The van der Waals surface area contributed by atoms with Gasteiger partial charge in [0.25, 0.3) is 0 Å². The van der Waals surface area contributed by atoms with Crippen molar-refractivity contribution in [1.29, 1.82) is 0 Å². The lowest BCUT2D eigenvalue weighted by Crippen LogP contribution is -2.06. The normalized spacial score (nSPS) is 16.0. The fourth-order valence-corrected chi connectivity index (χ4v) is 5.12. The number of unbranched alkanes of at least 4 members (excludes halogenated alkanes) is 23. The van der Waals surface area contributed by atoms with Crippen LogP contribution < -0.4 is 0 Å². The van der Waals surface area contributed by atoms with Crippen LogP contribution in [-0.2, 0) is 9.53 Å². The monoisotopic (exact) mass is 450 g/mol. The Balaban J connectivity index is 1.62. The molecule has 0 saturated carbocycles. The van der Waals surface area contributed by atoms with E-state index in [1.54, 1.807) is 0 Å². The van der Waals surface area contributed by atoms with Crippen molar-refractivity contribution in [2.45, 2.75) is 186 Å². The molecule has 0 unspecified atom stereocenters. The first kappa shape index (κ1) is 29.5. The topological polar surface area (TPSA) is 26.3 Å². The van der Waals surface area contributed by atoms with Gasteiger partial charge in [-0.25, -0.2) is 0 Å². The number of carbonyl (C=O) groups excluding carboxylic acids is 1. The highest BCUT2D eigenvalue weighted by molar-refractivity contribution is 5.71. The van der Waals surface area contributed by atoms with Gasteiger partial charge in [0.2, 0.25) is 0 Å². The number of cyclic esters (lactones) is 1. The van der Waals surface area contributed by atoms with Gasteiger partial charge in [-0.05, 0) is 19.3 Å². The van der Waals surface area contributed by atoms with Crippen molar-refractivity contribution in [2.24, 2.45) is 0 Å². The second-order valence-corrected chi connectivity index (χ2v) is 10.6. The molecule has 0 radical (unpaired) electrons. The van der Waals surface area contributed by atoms with E-state index in [4.69, 9.17) is 4.74 Å². The summed E-state index contributed by atoms with van der Waals surface area (Å²) >= 11 is 0. The van der Waals surface area contributed by atoms with Crippen molar-refractivity contribution in [1.82, 2.24) is 0 Å². The minimum Gasteiger partial charge on any atom is -0.462 e. The first-order valence-corrected chi connectivity index (χ1v) is 15.0. The molecule has 1 atom stereocenters. The molecule has 0 amide bonds. The smallest absolute Gasteiger partial charge is 0.306 e. The fraction of sp³-hybridized carbons (Fsp3) is 0.967. The van der Waals surface area contributed by atoms with Gasteiger partial charge < -0.3 is 4.74 Å². The molecular formula is C30H58O2. The van der Waals surface area contributed by atoms with Crippen LogP contribution in [0.25, 0.3) is 0 Å².